The van der Waals surface area contributed by atoms with Gasteiger partial charge < -0.3 is 10.7 Å². The van der Waals surface area contributed by atoms with Crippen molar-refractivity contribution in [2.24, 2.45) is 0 Å². The van der Waals surface area contributed by atoms with Crippen LogP contribution in [-0.4, -0.2) is 15.2 Å². The van der Waals surface area contributed by atoms with Crippen LogP contribution in [0.1, 0.15) is 0 Å². The number of halogens is 1. The van der Waals surface area contributed by atoms with Gasteiger partial charge in [-0.3, -0.25) is 9.89 Å². The quantitative estimate of drug-likeness (QED) is 0.617. The van der Waals surface area contributed by atoms with Gasteiger partial charge in [-0.25, -0.2) is 4.39 Å². The maximum absolute atomic E-state index is 13.2. The van der Waals surface area contributed by atoms with E-state index in [2.05, 4.69) is 15.2 Å². The number of nitrogens with one attached hydrogen (secondary N) is 2. The van der Waals surface area contributed by atoms with E-state index in [9.17, 15) is 9.18 Å². The SMILES string of the molecule is Nc1n[nH]c(-c2cccc(=O)[nH]2)c1F. The van der Waals surface area contributed by atoms with Gasteiger partial charge in [0.2, 0.25) is 5.56 Å². The van der Waals surface area contributed by atoms with Gasteiger partial charge in [-0.05, 0) is 6.07 Å². The first-order valence-corrected chi connectivity index (χ1v) is 3.87. The number of anilines is 1. The van der Waals surface area contributed by atoms with Crippen molar-refractivity contribution >= 4 is 5.82 Å². The van der Waals surface area contributed by atoms with Crippen molar-refractivity contribution in [1.29, 1.82) is 0 Å². The molecule has 0 aliphatic carbocycles. The maximum atomic E-state index is 13.2. The Labute approximate surface area is 77.8 Å². The van der Waals surface area contributed by atoms with Gasteiger partial charge in [0.05, 0.1) is 5.69 Å². The van der Waals surface area contributed by atoms with Crippen LogP contribution in [0.5, 0.6) is 0 Å². The molecular formula is C8H7FN4O. The molecular weight excluding hydrogens is 187 g/mol. The molecule has 0 aliphatic heterocycles. The van der Waals surface area contributed by atoms with E-state index < -0.39 is 5.82 Å². The highest BCUT2D eigenvalue weighted by molar-refractivity contribution is 5.58. The fraction of sp³-hybridized carbons (Fsp3) is 0. The fourth-order valence-corrected chi connectivity index (χ4v) is 1.11. The largest absolute Gasteiger partial charge is 0.380 e. The van der Waals surface area contributed by atoms with Crippen LogP contribution in [0, 0.1) is 5.82 Å². The van der Waals surface area contributed by atoms with Crippen LogP contribution in [0.4, 0.5) is 10.2 Å². The zero-order chi connectivity index (χ0) is 10.1. The van der Waals surface area contributed by atoms with Crippen molar-refractivity contribution in [3.63, 3.8) is 0 Å². The predicted molar refractivity (Wildman–Crippen MR) is 49.0 cm³/mol. The molecule has 0 spiro atoms. The summed E-state index contributed by atoms with van der Waals surface area (Å²) in [6.07, 6.45) is 0. The summed E-state index contributed by atoms with van der Waals surface area (Å²) in [4.78, 5) is 13.4. The van der Waals surface area contributed by atoms with Crippen molar-refractivity contribution < 1.29 is 4.39 Å². The van der Waals surface area contributed by atoms with E-state index in [0.29, 0.717) is 5.69 Å². The number of aromatic amines is 2. The summed E-state index contributed by atoms with van der Waals surface area (Å²) in [5.41, 5.74) is 5.30. The number of H-pyrrole nitrogens is 2. The second kappa shape index (κ2) is 2.99. The minimum absolute atomic E-state index is 0.0835. The molecule has 4 N–H and O–H groups in total. The zero-order valence-electron chi connectivity index (χ0n) is 7.04. The highest BCUT2D eigenvalue weighted by Gasteiger charge is 2.11. The van der Waals surface area contributed by atoms with Crippen LogP contribution in [-0.2, 0) is 0 Å². The molecule has 2 rings (SSSR count). The van der Waals surface area contributed by atoms with E-state index in [4.69, 9.17) is 5.73 Å². The molecule has 0 unspecified atom stereocenters. The van der Waals surface area contributed by atoms with Gasteiger partial charge in [-0.1, -0.05) is 6.07 Å². The molecule has 5 nitrogen and oxygen atoms in total. The smallest absolute Gasteiger partial charge is 0.248 e. The second-order valence-electron chi connectivity index (χ2n) is 2.73. The summed E-state index contributed by atoms with van der Waals surface area (Å²) in [6.45, 7) is 0. The first kappa shape index (κ1) is 8.49. The molecule has 0 saturated carbocycles. The van der Waals surface area contributed by atoms with Gasteiger partial charge in [0.1, 0.15) is 5.69 Å². The van der Waals surface area contributed by atoms with Gasteiger partial charge in [0.25, 0.3) is 0 Å². The summed E-state index contributed by atoms with van der Waals surface area (Å²) in [5.74, 6) is -0.878. The van der Waals surface area contributed by atoms with Crippen molar-refractivity contribution in [2.75, 3.05) is 5.73 Å². The molecule has 0 saturated heterocycles. The van der Waals surface area contributed by atoms with Crippen molar-refractivity contribution in [3.8, 4) is 11.4 Å². The molecule has 0 aliphatic rings. The van der Waals surface area contributed by atoms with Crippen LogP contribution in [0.2, 0.25) is 0 Å². The summed E-state index contributed by atoms with van der Waals surface area (Å²) in [6, 6.07) is 4.41. The van der Waals surface area contributed by atoms with Crippen molar-refractivity contribution in [2.45, 2.75) is 0 Å². The topological polar surface area (TPSA) is 87.6 Å². The monoisotopic (exact) mass is 194 g/mol. The number of pyridine rings is 1. The van der Waals surface area contributed by atoms with E-state index in [1.165, 1.54) is 12.1 Å². The van der Waals surface area contributed by atoms with Gasteiger partial charge in [-0.2, -0.15) is 5.10 Å². The Balaban J connectivity index is 2.60. The highest BCUT2D eigenvalue weighted by atomic mass is 19.1. The summed E-state index contributed by atoms with van der Waals surface area (Å²) < 4.78 is 13.2. The lowest BCUT2D eigenvalue weighted by Crippen LogP contribution is -2.04. The van der Waals surface area contributed by atoms with E-state index >= 15 is 0 Å². The first-order chi connectivity index (χ1) is 6.68. The van der Waals surface area contributed by atoms with Crippen LogP contribution in [0.15, 0.2) is 23.0 Å². The number of rotatable bonds is 1. The molecule has 0 amide bonds. The average molecular weight is 194 g/mol. The van der Waals surface area contributed by atoms with Crippen LogP contribution >= 0.6 is 0 Å². The number of aromatic nitrogens is 3. The molecule has 2 aromatic heterocycles. The first-order valence-electron chi connectivity index (χ1n) is 3.87. The molecule has 2 heterocycles. The molecule has 6 heteroatoms. The molecule has 72 valence electrons. The number of hydrogen-bond donors (Lipinski definition) is 3. The van der Waals surface area contributed by atoms with Crippen LogP contribution in [0.3, 0.4) is 0 Å². The molecule has 14 heavy (non-hydrogen) atoms. The third-order valence-electron chi connectivity index (χ3n) is 1.77. The van der Waals surface area contributed by atoms with Gasteiger partial charge in [-0.15, -0.1) is 0 Å². The third kappa shape index (κ3) is 1.26. The predicted octanol–water partition coefficient (Wildman–Crippen LogP) is 0.486. The van der Waals surface area contributed by atoms with E-state index in [1.54, 1.807) is 6.07 Å². The third-order valence-corrected chi connectivity index (χ3v) is 1.77. The lowest BCUT2D eigenvalue weighted by atomic mass is 10.2. The Kier molecular flexibility index (Phi) is 1.81. The second-order valence-corrected chi connectivity index (χ2v) is 2.73. The zero-order valence-corrected chi connectivity index (χ0v) is 7.04. The molecule has 0 atom stereocenters. The minimum Gasteiger partial charge on any atom is -0.380 e. The Morgan fingerprint density at radius 2 is 2.21 bits per heavy atom. The number of nitrogens with zero attached hydrogens (tertiary/aromatic N) is 1. The van der Waals surface area contributed by atoms with Gasteiger partial charge in [0, 0.05) is 6.07 Å². The van der Waals surface area contributed by atoms with Gasteiger partial charge >= 0.3 is 0 Å². The Bertz CT molecular complexity index is 516. The Hall–Kier alpha value is -2.11. The molecule has 2 aromatic rings. The van der Waals surface area contributed by atoms with Crippen LogP contribution in [0.25, 0.3) is 11.4 Å². The average Bonchev–Trinajstić information content (AvgIpc) is 2.48. The lowest BCUT2D eigenvalue weighted by molar-refractivity contribution is 0.636. The minimum atomic E-state index is -0.660. The Morgan fingerprint density at radius 1 is 1.43 bits per heavy atom. The number of hydrogen-bond acceptors (Lipinski definition) is 3. The molecule has 0 aromatic carbocycles. The maximum Gasteiger partial charge on any atom is 0.248 e. The standard InChI is InChI=1S/C8H7FN4O/c9-6-7(12-13-8(6)10)4-2-1-3-5(14)11-4/h1-3H,(H,11,14)(H3,10,12,13). The molecule has 0 radical (unpaired) electrons. The number of nitrogens with two attached hydrogens (primary N) is 1. The van der Waals surface area contributed by atoms with Crippen molar-refractivity contribution in [1.82, 2.24) is 15.2 Å². The van der Waals surface area contributed by atoms with E-state index in [1.807, 2.05) is 0 Å². The molecule has 0 bridgehead atoms. The van der Waals surface area contributed by atoms with Crippen molar-refractivity contribution in [3.05, 3.63) is 34.4 Å². The van der Waals surface area contributed by atoms with Crippen LogP contribution < -0.4 is 11.3 Å². The lowest BCUT2D eigenvalue weighted by Gasteiger charge is -1.95. The van der Waals surface area contributed by atoms with E-state index in [-0.39, 0.29) is 17.1 Å². The van der Waals surface area contributed by atoms with E-state index in [0.717, 1.165) is 0 Å². The highest BCUT2D eigenvalue weighted by Crippen LogP contribution is 2.19. The summed E-state index contributed by atoms with van der Waals surface area (Å²) in [7, 11) is 0. The fourth-order valence-electron chi connectivity index (χ4n) is 1.11. The summed E-state index contributed by atoms with van der Waals surface area (Å²) >= 11 is 0. The summed E-state index contributed by atoms with van der Waals surface area (Å²) in [5, 5.41) is 5.88. The normalized spacial score (nSPS) is 10.4. The Morgan fingerprint density at radius 3 is 2.79 bits per heavy atom. The number of nitrogen functional groups attached to an aromatic ring is 1. The van der Waals surface area contributed by atoms with Gasteiger partial charge in [0.15, 0.2) is 11.6 Å². The molecule has 0 fully saturated rings.